The third-order valence-electron chi connectivity index (χ3n) is 4.04. The molecule has 0 aliphatic heterocycles. The van der Waals surface area contributed by atoms with Crippen molar-refractivity contribution < 1.29 is 14.3 Å². The molecule has 1 aliphatic rings. The Morgan fingerprint density at radius 2 is 2.15 bits per heavy atom. The lowest BCUT2D eigenvalue weighted by molar-refractivity contribution is -0.144. The van der Waals surface area contributed by atoms with Crippen molar-refractivity contribution in [2.75, 3.05) is 11.9 Å². The molecule has 1 aromatic carbocycles. The number of nitrogens with one attached hydrogen (secondary N) is 1. The molecule has 2 unspecified atom stereocenters. The van der Waals surface area contributed by atoms with Gasteiger partial charge in [-0.3, -0.25) is 4.79 Å². The fourth-order valence-electron chi connectivity index (χ4n) is 2.94. The summed E-state index contributed by atoms with van der Waals surface area (Å²) in [5.74, 6) is -0.786. The Labute approximate surface area is 117 Å². The first-order valence-corrected chi connectivity index (χ1v) is 7.06. The van der Waals surface area contributed by atoms with Gasteiger partial charge in [-0.1, -0.05) is 25.0 Å². The van der Waals surface area contributed by atoms with Gasteiger partial charge in [0.1, 0.15) is 5.52 Å². The Hall–Kier alpha value is -2.04. The summed E-state index contributed by atoms with van der Waals surface area (Å²) in [7, 11) is 0. The van der Waals surface area contributed by atoms with Crippen LogP contribution in [0.4, 0.5) is 6.01 Å². The number of anilines is 1. The number of benzene rings is 1. The quantitative estimate of drug-likeness (QED) is 0.895. The van der Waals surface area contributed by atoms with E-state index in [4.69, 9.17) is 4.42 Å². The van der Waals surface area contributed by atoms with E-state index in [1.165, 1.54) is 0 Å². The largest absolute Gasteiger partial charge is 0.481 e. The first-order valence-electron chi connectivity index (χ1n) is 7.06. The number of rotatable bonds is 4. The number of para-hydroxylation sites is 2. The number of aromatic nitrogens is 1. The lowest BCUT2D eigenvalue weighted by Crippen LogP contribution is -2.31. The average Bonchev–Trinajstić information content (AvgIpc) is 2.88. The van der Waals surface area contributed by atoms with E-state index in [0.717, 1.165) is 36.8 Å². The number of oxazole rings is 1. The van der Waals surface area contributed by atoms with Gasteiger partial charge in [0.15, 0.2) is 5.58 Å². The number of carboxylic acids is 1. The summed E-state index contributed by atoms with van der Waals surface area (Å²) < 4.78 is 5.59. The summed E-state index contributed by atoms with van der Waals surface area (Å²) in [5.41, 5.74) is 1.56. The van der Waals surface area contributed by atoms with E-state index in [2.05, 4.69) is 10.3 Å². The maximum absolute atomic E-state index is 11.3. The van der Waals surface area contributed by atoms with Gasteiger partial charge in [0.2, 0.25) is 0 Å². The standard InChI is InChI=1S/C15H18N2O3/c18-14(19)11-6-2-1-5-10(11)9-16-15-17-12-7-3-4-8-13(12)20-15/h3-4,7-8,10-11H,1-2,5-6,9H2,(H,16,17)(H,18,19). The van der Waals surface area contributed by atoms with Crippen LogP contribution in [0.2, 0.25) is 0 Å². The van der Waals surface area contributed by atoms with E-state index in [-0.39, 0.29) is 11.8 Å². The van der Waals surface area contributed by atoms with E-state index in [9.17, 15) is 9.90 Å². The Kier molecular flexibility index (Phi) is 3.58. The van der Waals surface area contributed by atoms with Crippen LogP contribution in [0.3, 0.4) is 0 Å². The first kappa shape index (κ1) is 13.0. The number of hydrogen-bond acceptors (Lipinski definition) is 4. The summed E-state index contributed by atoms with van der Waals surface area (Å²) in [6, 6.07) is 8.05. The molecule has 0 radical (unpaired) electrons. The van der Waals surface area contributed by atoms with Gasteiger partial charge in [0.05, 0.1) is 5.92 Å². The lowest BCUT2D eigenvalue weighted by Gasteiger charge is -2.28. The van der Waals surface area contributed by atoms with Gasteiger partial charge in [-0.25, -0.2) is 0 Å². The maximum atomic E-state index is 11.3. The molecule has 5 heteroatoms. The molecule has 3 rings (SSSR count). The molecule has 2 atom stereocenters. The van der Waals surface area contributed by atoms with Crippen LogP contribution < -0.4 is 5.32 Å². The van der Waals surface area contributed by atoms with Crippen molar-refractivity contribution in [2.24, 2.45) is 11.8 Å². The van der Waals surface area contributed by atoms with Crippen molar-refractivity contribution in [2.45, 2.75) is 25.7 Å². The van der Waals surface area contributed by atoms with Crippen molar-refractivity contribution in [3.05, 3.63) is 24.3 Å². The van der Waals surface area contributed by atoms with Crippen molar-refractivity contribution >= 4 is 23.1 Å². The van der Waals surface area contributed by atoms with Crippen LogP contribution in [0.15, 0.2) is 28.7 Å². The van der Waals surface area contributed by atoms with E-state index >= 15 is 0 Å². The van der Waals surface area contributed by atoms with E-state index in [1.807, 2.05) is 24.3 Å². The van der Waals surface area contributed by atoms with Crippen molar-refractivity contribution in [1.82, 2.24) is 4.98 Å². The van der Waals surface area contributed by atoms with Crippen molar-refractivity contribution in [3.8, 4) is 0 Å². The van der Waals surface area contributed by atoms with Crippen LogP contribution in [-0.2, 0) is 4.79 Å². The van der Waals surface area contributed by atoms with Gasteiger partial charge < -0.3 is 14.8 Å². The lowest BCUT2D eigenvalue weighted by atomic mass is 9.79. The molecule has 0 spiro atoms. The Morgan fingerprint density at radius 1 is 1.35 bits per heavy atom. The normalized spacial score (nSPS) is 22.8. The molecule has 0 amide bonds. The van der Waals surface area contributed by atoms with E-state index in [0.29, 0.717) is 12.6 Å². The van der Waals surface area contributed by atoms with Gasteiger partial charge >= 0.3 is 5.97 Å². The number of aliphatic carboxylic acids is 1. The Balaban J connectivity index is 1.67. The zero-order chi connectivity index (χ0) is 13.9. The number of nitrogens with zero attached hydrogens (tertiary/aromatic N) is 1. The molecule has 106 valence electrons. The number of carbonyl (C=O) groups is 1. The number of hydrogen-bond donors (Lipinski definition) is 2. The second kappa shape index (κ2) is 5.53. The predicted octanol–water partition coefficient (Wildman–Crippen LogP) is 3.13. The van der Waals surface area contributed by atoms with Crippen LogP contribution in [0.25, 0.3) is 11.1 Å². The Morgan fingerprint density at radius 3 is 2.95 bits per heavy atom. The summed E-state index contributed by atoms with van der Waals surface area (Å²) in [6.07, 6.45) is 3.83. The monoisotopic (exact) mass is 274 g/mol. The third-order valence-corrected chi connectivity index (χ3v) is 4.04. The van der Waals surface area contributed by atoms with Gasteiger partial charge in [-0.2, -0.15) is 4.98 Å². The summed E-state index contributed by atoms with van der Waals surface area (Å²) in [6.45, 7) is 0.601. The highest BCUT2D eigenvalue weighted by Gasteiger charge is 2.30. The van der Waals surface area contributed by atoms with Crippen LogP contribution >= 0.6 is 0 Å². The zero-order valence-electron chi connectivity index (χ0n) is 11.2. The summed E-state index contributed by atoms with van der Waals surface area (Å²) in [5, 5.41) is 12.4. The minimum absolute atomic E-state index is 0.149. The smallest absolute Gasteiger partial charge is 0.306 e. The molecule has 1 saturated carbocycles. The first-order chi connectivity index (χ1) is 9.74. The fourth-order valence-corrected chi connectivity index (χ4v) is 2.94. The molecule has 0 saturated heterocycles. The van der Waals surface area contributed by atoms with Crippen molar-refractivity contribution in [3.63, 3.8) is 0 Å². The minimum atomic E-state index is -0.686. The van der Waals surface area contributed by atoms with Crippen LogP contribution in [0, 0.1) is 11.8 Å². The highest BCUT2D eigenvalue weighted by atomic mass is 16.4. The Bertz CT molecular complexity index is 575. The highest BCUT2D eigenvalue weighted by molar-refractivity contribution is 5.74. The molecule has 20 heavy (non-hydrogen) atoms. The molecular formula is C15H18N2O3. The average molecular weight is 274 g/mol. The molecule has 1 fully saturated rings. The van der Waals surface area contributed by atoms with Gasteiger partial charge in [-0.15, -0.1) is 0 Å². The van der Waals surface area contributed by atoms with Crippen molar-refractivity contribution in [1.29, 1.82) is 0 Å². The van der Waals surface area contributed by atoms with Gasteiger partial charge in [0, 0.05) is 6.54 Å². The van der Waals surface area contributed by atoms with E-state index < -0.39 is 5.97 Å². The molecule has 2 N–H and O–H groups in total. The van der Waals surface area contributed by atoms with Crippen LogP contribution in [0.5, 0.6) is 0 Å². The molecular weight excluding hydrogens is 256 g/mol. The number of fused-ring (bicyclic) bond motifs is 1. The molecule has 1 heterocycles. The van der Waals surface area contributed by atoms with Gasteiger partial charge in [-0.05, 0) is 30.9 Å². The van der Waals surface area contributed by atoms with Crippen LogP contribution in [0.1, 0.15) is 25.7 Å². The molecule has 1 aliphatic carbocycles. The predicted molar refractivity (Wildman–Crippen MR) is 75.6 cm³/mol. The van der Waals surface area contributed by atoms with Crippen LogP contribution in [-0.4, -0.2) is 22.6 Å². The maximum Gasteiger partial charge on any atom is 0.306 e. The highest BCUT2D eigenvalue weighted by Crippen LogP contribution is 2.30. The SMILES string of the molecule is O=C(O)C1CCCCC1CNc1nc2ccccc2o1. The summed E-state index contributed by atoms with van der Waals surface area (Å²) >= 11 is 0. The molecule has 1 aromatic heterocycles. The van der Waals surface area contributed by atoms with Gasteiger partial charge in [0.25, 0.3) is 6.01 Å². The van der Waals surface area contributed by atoms with E-state index in [1.54, 1.807) is 0 Å². The molecule has 2 aromatic rings. The minimum Gasteiger partial charge on any atom is -0.481 e. The summed E-state index contributed by atoms with van der Waals surface area (Å²) in [4.78, 5) is 15.6. The zero-order valence-corrected chi connectivity index (χ0v) is 11.2. The third kappa shape index (κ3) is 2.61. The topological polar surface area (TPSA) is 75.4 Å². The molecule has 5 nitrogen and oxygen atoms in total. The fraction of sp³-hybridized carbons (Fsp3) is 0.467. The second-order valence-electron chi connectivity index (χ2n) is 5.36. The number of carboxylic acid groups (broad SMARTS) is 1. The molecule has 0 bridgehead atoms. The second-order valence-corrected chi connectivity index (χ2v) is 5.36.